The molecule has 3 rings (SSSR count). The summed E-state index contributed by atoms with van der Waals surface area (Å²) in [5.41, 5.74) is 1.65. The Morgan fingerprint density at radius 1 is 1.48 bits per heavy atom. The van der Waals surface area contributed by atoms with Crippen molar-refractivity contribution < 1.29 is 14.3 Å². The predicted octanol–water partition coefficient (Wildman–Crippen LogP) is 2.41. The molecule has 0 saturated carbocycles. The van der Waals surface area contributed by atoms with Crippen LogP contribution in [0, 0.1) is 13.8 Å². The first kappa shape index (κ1) is 13.6. The standard InChI is InChI=1S/C14H12N2O4S/c1-7-5-21-12-11(7)15-6-16(13(12)17)4-9-3-10(14(18)19)8(2)20-9/h3,5-6H,4H2,1-2H3,(H,18,19). The topological polar surface area (TPSA) is 85.3 Å². The number of hydrogen-bond acceptors (Lipinski definition) is 5. The van der Waals surface area contributed by atoms with Crippen LogP contribution in [-0.2, 0) is 6.54 Å². The number of thiophene rings is 1. The number of aromatic carboxylic acids is 1. The molecule has 21 heavy (non-hydrogen) atoms. The molecule has 0 bridgehead atoms. The Bertz CT molecular complexity index is 903. The summed E-state index contributed by atoms with van der Waals surface area (Å²) < 4.78 is 7.40. The molecular weight excluding hydrogens is 292 g/mol. The van der Waals surface area contributed by atoms with Crippen molar-refractivity contribution in [1.82, 2.24) is 9.55 Å². The lowest BCUT2D eigenvalue weighted by Crippen LogP contribution is -2.20. The fourth-order valence-electron chi connectivity index (χ4n) is 2.17. The van der Waals surface area contributed by atoms with Crippen molar-refractivity contribution in [3.63, 3.8) is 0 Å². The Balaban J connectivity index is 2.02. The number of rotatable bonds is 3. The summed E-state index contributed by atoms with van der Waals surface area (Å²) in [7, 11) is 0. The third kappa shape index (κ3) is 2.25. The first-order chi connectivity index (χ1) is 9.97. The number of carboxylic acid groups (broad SMARTS) is 1. The van der Waals surface area contributed by atoms with Crippen molar-refractivity contribution in [2.24, 2.45) is 0 Å². The van der Waals surface area contributed by atoms with Gasteiger partial charge in [-0.2, -0.15) is 0 Å². The maximum atomic E-state index is 12.3. The molecule has 0 fully saturated rings. The van der Waals surface area contributed by atoms with Gasteiger partial charge in [-0.25, -0.2) is 9.78 Å². The number of nitrogens with zero attached hydrogens (tertiary/aromatic N) is 2. The van der Waals surface area contributed by atoms with Crippen LogP contribution in [0.4, 0.5) is 0 Å². The van der Waals surface area contributed by atoms with E-state index in [0.717, 1.165) is 5.56 Å². The van der Waals surface area contributed by atoms with Gasteiger partial charge in [-0.1, -0.05) is 0 Å². The normalized spacial score (nSPS) is 11.1. The molecule has 0 spiro atoms. The van der Waals surface area contributed by atoms with Crippen molar-refractivity contribution in [2.45, 2.75) is 20.4 Å². The van der Waals surface area contributed by atoms with Gasteiger partial charge < -0.3 is 9.52 Å². The summed E-state index contributed by atoms with van der Waals surface area (Å²) >= 11 is 1.36. The maximum Gasteiger partial charge on any atom is 0.339 e. The number of aromatic nitrogens is 2. The molecule has 1 N–H and O–H groups in total. The van der Waals surface area contributed by atoms with Crippen molar-refractivity contribution in [3.8, 4) is 0 Å². The highest BCUT2D eigenvalue weighted by Gasteiger charge is 2.15. The van der Waals surface area contributed by atoms with Crippen LogP contribution in [0.1, 0.15) is 27.4 Å². The largest absolute Gasteiger partial charge is 0.478 e. The summed E-state index contributed by atoms with van der Waals surface area (Å²) in [4.78, 5) is 27.6. The van der Waals surface area contributed by atoms with Gasteiger partial charge in [-0.15, -0.1) is 11.3 Å². The molecule has 6 nitrogen and oxygen atoms in total. The van der Waals surface area contributed by atoms with Crippen molar-refractivity contribution in [2.75, 3.05) is 0 Å². The zero-order chi connectivity index (χ0) is 15.1. The predicted molar refractivity (Wildman–Crippen MR) is 78.1 cm³/mol. The lowest BCUT2D eigenvalue weighted by atomic mass is 10.2. The lowest BCUT2D eigenvalue weighted by Gasteiger charge is -2.02. The Hall–Kier alpha value is -2.41. The first-order valence-corrected chi connectivity index (χ1v) is 7.11. The van der Waals surface area contributed by atoms with Gasteiger partial charge in [-0.05, 0) is 30.9 Å². The van der Waals surface area contributed by atoms with Gasteiger partial charge in [0.2, 0.25) is 0 Å². The van der Waals surface area contributed by atoms with E-state index in [4.69, 9.17) is 9.52 Å². The van der Waals surface area contributed by atoms with Crippen molar-refractivity contribution >= 4 is 27.5 Å². The van der Waals surface area contributed by atoms with Crippen LogP contribution in [0.3, 0.4) is 0 Å². The molecule has 0 aliphatic carbocycles. The van der Waals surface area contributed by atoms with Gasteiger partial charge in [0.25, 0.3) is 5.56 Å². The van der Waals surface area contributed by atoms with Crippen LogP contribution in [0.2, 0.25) is 0 Å². The van der Waals surface area contributed by atoms with E-state index in [1.807, 2.05) is 12.3 Å². The molecule has 0 aliphatic heterocycles. The van der Waals surface area contributed by atoms with E-state index in [1.165, 1.54) is 28.3 Å². The molecule has 108 valence electrons. The zero-order valence-electron chi connectivity index (χ0n) is 11.4. The third-order valence-electron chi connectivity index (χ3n) is 3.25. The maximum absolute atomic E-state index is 12.3. The smallest absolute Gasteiger partial charge is 0.339 e. The van der Waals surface area contributed by atoms with Crippen LogP contribution in [0.25, 0.3) is 10.2 Å². The summed E-state index contributed by atoms with van der Waals surface area (Å²) in [6, 6.07) is 1.44. The third-order valence-corrected chi connectivity index (χ3v) is 4.32. The molecule has 3 aromatic rings. The minimum atomic E-state index is -1.04. The highest BCUT2D eigenvalue weighted by molar-refractivity contribution is 7.17. The molecule has 0 unspecified atom stereocenters. The molecule has 3 aromatic heterocycles. The van der Waals surface area contributed by atoms with E-state index in [0.29, 0.717) is 21.7 Å². The van der Waals surface area contributed by atoms with Crippen molar-refractivity contribution in [3.05, 3.63) is 50.8 Å². The van der Waals surface area contributed by atoms with Gasteiger partial charge in [0, 0.05) is 0 Å². The second-order valence-corrected chi connectivity index (χ2v) is 5.64. The van der Waals surface area contributed by atoms with Crippen LogP contribution >= 0.6 is 11.3 Å². The van der Waals surface area contributed by atoms with E-state index < -0.39 is 5.97 Å². The highest BCUT2D eigenvalue weighted by atomic mass is 32.1. The zero-order valence-corrected chi connectivity index (χ0v) is 12.2. The van der Waals surface area contributed by atoms with Gasteiger partial charge >= 0.3 is 5.97 Å². The van der Waals surface area contributed by atoms with E-state index in [2.05, 4.69) is 4.98 Å². The van der Waals surface area contributed by atoms with E-state index in [9.17, 15) is 9.59 Å². The van der Waals surface area contributed by atoms with Crippen LogP contribution in [0.15, 0.2) is 27.0 Å². The van der Waals surface area contributed by atoms with E-state index in [1.54, 1.807) is 6.92 Å². The van der Waals surface area contributed by atoms with Gasteiger partial charge in [0.15, 0.2) is 0 Å². The lowest BCUT2D eigenvalue weighted by molar-refractivity contribution is 0.0695. The summed E-state index contributed by atoms with van der Waals surface area (Å²) in [5, 5.41) is 10.9. The molecule has 0 saturated heterocycles. The number of aryl methyl sites for hydroxylation is 2. The molecule has 0 atom stereocenters. The summed E-state index contributed by atoms with van der Waals surface area (Å²) in [6.45, 7) is 3.65. The SMILES string of the molecule is Cc1oc(Cn2cnc3c(C)csc3c2=O)cc1C(=O)O. The molecule has 0 amide bonds. The Morgan fingerprint density at radius 2 is 2.24 bits per heavy atom. The highest BCUT2D eigenvalue weighted by Crippen LogP contribution is 2.20. The fourth-order valence-corrected chi connectivity index (χ4v) is 3.12. The molecule has 0 radical (unpaired) electrons. The average Bonchev–Trinajstić information content (AvgIpc) is 2.97. The monoisotopic (exact) mass is 304 g/mol. The molecule has 3 heterocycles. The minimum absolute atomic E-state index is 0.110. The van der Waals surface area contributed by atoms with Crippen LogP contribution in [-0.4, -0.2) is 20.6 Å². The molecular formula is C14H12N2O4S. The second-order valence-electron chi connectivity index (χ2n) is 4.76. The number of carboxylic acids is 1. The van der Waals surface area contributed by atoms with Crippen LogP contribution in [0.5, 0.6) is 0 Å². The van der Waals surface area contributed by atoms with Gasteiger partial charge in [-0.3, -0.25) is 9.36 Å². The second kappa shape index (κ2) is 4.85. The number of hydrogen-bond donors (Lipinski definition) is 1. The molecule has 7 heteroatoms. The van der Waals surface area contributed by atoms with Gasteiger partial charge in [0.1, 0.15) is 21.8 Å². The summed E-state index contributed by atoms with van der Waals surface area (Å²) in [6.07, 6.45) is 1.46. The quantitative estimate of drug-likeness (QED) is 0.803. The van der Waals surface area contributed by atoms with E-state index in [-0.39, 0.29) is 17.7 Å². The Labute approximate surface area is 123 Å². The molecule has 0 aromatic carbocycles. The first-order valence-electron chi connectivity index (χ1n) is 6.23. The fraction of sp³-hybridized carbons (Fsp3) is 0.214. The van der Waals surface area contributed by atoms with Crippen molar-refractivity contribution in [1.29, 1.82) is 0 Å². The average molecular weight is 304 g/mol. The Morgan fingerprint density at radius 3 is 2.90 bits per heavy atom. The van der Waals surface area contributed by atoms with Gasteiger partial charge in [0.05, 0.1) is 18.4 Å². The van der Waals surface area contributed by atoms with Crippen LogP contribution < -0.4 is 5.56 Å². The minimum Gasteiger partial charge on any atom is -0.478 e. The Kier molecular flexibility index (Phi) is 3.13. The van der Waals surface area contributed by atoms with E-state index >= 15 is 0 Å². The number of fused-ring (bicyclic) bond motifs is 1. The number of carbonyl (C=O) groups is 1. The molecule has 0 aliphatic rings. The summed E-state index contributed by atoms with van der Waals surface area (Å²) in [5.74, 6) is -0.301. The number of furan rings is 1.